The van der Waals surface area contributed by atoms with Gasteiger partial charge in [0.25, 0.3) is 0 Å². The number of carbonyl (C=O) groups excluding carboxylic acids is 1. The number of amides is 1. The summed E-state index contributed by atoms with van der Waals surface area (Å²) >= 11 is 1.25. The molecule has 4 rings (SSSR count). The average Bonchev–Trinajstić information content (AvgIpc) is 3.13. The SMILES string of the molecule is Cc1cccc(-c2nnc(SCC(=O)Nc3ccccc3-c3ccccc3)n2N)c1. The van der Waals surface area contributed by atoms with Gasteiger partial charge in [0.15, 0.2) is 5.82 Å². The van der Waals surface area contributed by atoms with E-state index in [9.17, 15) is 4.79 Å². The summed E-state index contributed by atoms with van der Waals surface area (Å²) in [4.78, 5) is 12.6. The summed E-state index contributed by atoms with van der Waals surface area (Å²) in [6, 6.07) is 25.6. The van der Waals surface area contributed by atoms with Crippen LogP contribution in [-0.4, -0.2) is 26.5 Å². The molecule has 30 heavy (non-hydrogen) atoms. The fourth-order valence-electron chi connectivity index (χ4n) is 3.13. The lowest BCUT2D eigenvalue weighted by atomic mass is 10.0. The average molecular weight is 416 g/mol. The smallest absolute Gasteiger partial charge is 0.234 e. The Bertz CT molecular complexity index is 1170. The molecule has 0 aliphatic rings. The molecule has 0 saturated carbocycles. The second kappa shape index (κ2) is 8.84. The second-order valence-electron chi connectivity index (χ2n) is 6.79. The molecule has 0 saturated heterocycles. The number of rotatable bonds is 6. The van der Waals surface area contributed by atoms with E-state index >= 15 is 0 Å². The highest BCUT2D eigenvalue weighted by atomic mass is 32.2. The molecule has 1 heterocycles. The molecule has 150 valence electrons. The number of para-hydroxylation sites is 1. The van der Waals surface area contributed by atoms with Crippen LogP contribution in [0.2, 0.25) is 0 Å². The molecule has 0 aliphatic heterocycles. The first-order chi connectivity index (χ1) is 14.6. The van der Waals surface area contributed by atoms with Gasteiger partial charge in [0, 0.05) is 16.8 Å². The Morgan fingerprint density at radius 2 is 1.70 bits per heavy atom. The van der Waals surface area contributed by atoms with E-state index in [4.69, 9.17) is 5.84 Å². The summed E-state index contributed by atoms with van der Waals surface area (Å²) in [5, 5.41) is 11.8. The normalized spacial score (nSPS) is 10.7. The zero-order valence-corrected chi connectivity index (χ0v) is 17.3. The number of benzene rings is 3. The fraction of sp³-hybridized carbons (Fsp3) is 0.0870. The lowest BCUT2D eigenvalue weighted by molar-refractivity contribution is -0.113. The first kappa shape index (κ1) is 19.7. The summed E-state index contributed by atoms with van der Waals surface area (Å²) in [6.45, 7) is 2.01. The van der Waals surface area contributed by atoms with E-state index in [1.807, 2.05) is 85.8 Å². The molecule has 0 atom stereocenters. The molecular weight excluding hydrogens is 394 g/mol. The number of anilines is 1. The number of aryl methyl sites for hydroxylation is 1. The van der Waals surface area contributed by atoms with Crippen molar-refractivity contribution in [2.75, 3.05) is 16.9 Å². The Hall–Kier alpha value is -3.58. The van der Waals surface area contributed by atoms with Crippen LogP contribution in [0.4, 0.5) is 5.69 Å². The first-order valence-corrected chi connectivity index (χ1v) is 10.4. The first-order valence-electron chi connectivity index (χ1n) is 9.46. The number of hydrogen-bond acceptors (Lipinski definition) is 5. The monoisotopic (exact) mass is 415 g/mol. The van der Waals surface area contributed by atoms with Gasteiger partial charge in [0.1, 0.15) is 0 Å². The largest absolute Gasteiger partial charge is 0.335 e. The second-order valence-corrected chi connectivity index (χ2v) is 7.74. The van der Waals surface area contributed by atoms with Crippen molar-refractivity contribution in [3.05, 3.63) is 84.4 Å². The zero-order chi connectivity index (χ0) is 20.9. The van der Waals surface area contributed by atoms with Crippen LogP contribution < -0.4 is 11.2 Å². The number of hydrogen-bond donors (Lipinski definition) is 2. The molecule has 3 aromatic carbocycles. The van der Waals surface area contributed by atoms with Gasteiger partial charge in [-0.05, 0) is 24.6 Å². The van der Waals surface area contributed by atoms with Crippen molar-refractivity contribution >= 4 is 23.4 Å². The van der Waals surface area contributed by atoms with E-state index in [0.29, 0.717) is 11.0 Å². The van der Waals surface area contributed by atoms with Crippen LogP contribution in [0.15, 0.2) is 84.0 Å². The van der Waals surface area contributed by atoms with E-state index in [-0.39, 0.29) is 11.7 Å². The summed E-state index contributed by atoms with van der Waals surface area (Å²) in [5.41, 5.74) is 4.79. The highest BCUT2D eigenvalue weighted by Gasteiger charge is 2.15. The van der Waals surface area contributed by atoms with Gasteiger partial charge in [-0.1, -0.05) is 84.1 Å². The predicted octanol–water partition coefficient (Wildman–Crippen LogP) is 4.37. The van der Waals surface area contributed by atoms with E-state index in [1.54, 1.807) is 0 Å². The molecule has 7 heteroatoms. The number of nitrogens with one attached hydrogen (secondary N) is 1. The summed E-state index contributed by atoms with van der Waals surface area (Å²) in [5.74, 6) is 6.77. The summed E-state index contributed by atoms with van der Waals surface area (Å²) in [7, 11) is 0. The van der Waals surface area contributed by atoms with E-state index in [0.717, 1.165) is 27.9 Å². The Kier molecular flexibility index (Phi) is 5.81. The molecule has 0 radical (unpaired) electrons. The third-order valence-electron chi connectivity index (χ3n) is 4.56. The molecule has 0 fully saturated rings. The van der Waals surface area contributed by atoms with Crippen LogP contribution in [0, 0.1) is 6.92 Å². The van der Waals surface area contributed by atoms with Crippen molar-refractivity contribution < 1.29 is 4.79 Å². The summed E-state index contributed by atoms with van der Waals surface area (Å²) < 4.78 is 1.42. The minimum atomic E-state index is -0.136. The third kappa shape index (κ3) is 4.36. The number of nitrogens with zero attached hydrogens (tertiary/aromatic N) is 3. The van der Waals surface area contributed by atoms with Crippen molar-refractivity contribution in [1.82, 2.24) is 14.9 Å². The molecule has 3 N–H and O–H groups in total. The number of carbonyl (C=O) groups is 1. The van der Waals surface area contributed by atoms with Gasteiger partial charge >= 0.3 is 0 Å². The highest BCUT2D eigenvalue weighted by Crippen LogP contribution is 2.28. The van der Waals surface area contributed by atoms with E-state index in [2.05, 4.69) is 15.5 Å². The van der Waals surface area contributed by atoms with Crippen LogP contribution in [0.5, 0.6) is 0 Å². The Labute approximate surface area is 179 Å². The number of nitrogens with two attached hydrogens (primary N) is 1. The van der Waals surface area contributed by atoms with Gasteiger partial charge in [-0.15, -0.1) is 10.2 Å². The van der Waals surface area contributed by atoms with Gasteiger partial charge in [0.05, 0.1) is 5.75 Å². The molecule has 0 spiro atoms. The Morgan fingerprint density at radius 3 is 2.50 bits per heavy atom. The van der Waals surface area contributed by atoms with Crippen molar-refractivity contribution in [3.8, 4) is 22.5 Å². The van der Waals surface area contributed by atoms with Gasteiger partial charge < -0.3 is 11.2 Å². The predicted molar refractivity (Wildman–Crippen MR) is 122 cm³/mol. The van der Waals surface area contributed by atoms with Crippen LogP contribution in [-0.2, 0) is 4.79 Å². The molecule has 4 aromatic rings. The molecule has 0 aliphatic carbocycles. The van der Waals surface area contributed by atoms with Crippen LogP contribution >= 0.6 is 11.8 Å². The number of nitrogen functional groups attached to an aromatic ring is 1. The van der Waals surface area contributed by atoms with Crippen LogP contribution in [0.3, 0.4) is 0 Å². The molecule has 0 unspecified atom stereocenters. The maximum atomic E-state index is 12.6. The van der Waals surface area contributed by atoms with Gasteiger partial charge in [0.2, 0.25) is 11.1 Å². The zero-order valence-electron chi connectivity index (χ0n) is 16.4. The van der Waals surface area contributed by atoms with Crippen molar-refractivity contribution in [3.63, 3.8) is 0 Å². The molecular formula is C23H21N5OS. The van der Waals surface area contributed by atoms with Crippen molar-refractivity contribution in [1.29, 1.82) is 0 Å². The van der Waals surface area contributed by atoms with E-state index in [1.165, 1.54) is 16.4 Å². The maximum Gasteiger partial charge on any atom is 0.234 e. The highest BCUT2D eigenvalue weighted by molar-refractivity contribution is 7.99. The van der Waals surface area contributed by atoms with Gasteiger partial charge in [-0.25, -0.2) is 4.68 Å². The molecule has 6 nitrogen and oxygen atoms in total. The van der Waals surface area contributed by atoms with Crippen molar-refractivity contribution in [2.45, 2.75) is 12.1 Å². The number of aromatic nitrogens is 3. The molecule has 1 amide bonds. The molecule has 1 aromatic heterocycles. The van der Waals surface area contributed by atoms with Crippen LogP contribution in [0.25, 0.3) is 22.5 Å². The van der Waals surface area contributed by atoms with E-state index < -0.39 is 0 Å². The Balaban J connectivity index is 1.45. The topological polar surface area (TPSA) is 85.8 Å². The third-order valence-corrected chi connectivity index (χ3v) is 5.50. The lowest BCUT2D eigenvalue weighted by Gasteiger charge is -2.11. The standard InChI is InChI=1S/C23H21N5OS/c1-16-8-7-11-18(14-16)22-26-27-23(28(22)24)30-15-21(29)25-20-13-6-5-12-19(20)17-9-3-2-4-10-17/h2-14H,15,24H2,1H3,(H,25,29). The van der Waals surface area contributed by atoms with Gasteiger partial charge in [-0.2, -0.15) is 0 Å². The van der Waals surface area contributed by atoms with Gasteiger partial charge in [-0.3, -0.25) is 4.79 Å². The maximum absolute atomic E-state index is 12.6. The quantitative estimate of drug-likeness (QED) is 0.361. The summed E-state index contributed by atoms with van der Waals surface area (Å²) in [6.07, 6.45) is 0. The van der Waals surface area contributed by atoms with Crippen LogP contribution in [0.1, 0.15) is 5.56 Å². The Morgan fingerprint density at radius 1 is 0.967 bits per heavy atom. The lowest BCUT2D eigenvalue weighted by Crippen LogP contribution is -2.16. The fourth-order valence-corrected chi connectivity index (χ4v) is 3.79. The minimum Gasteiger partial charge on any atom is -0.335 e. The van der Waals surface area contributed by atoms with Crippen molar-refractivity contribution in [2.24, 2.45) is 0 Å². The minimum absolute atomic E-state index is 0.136. The molecule has 0 bridgehead atoms. The number of thioether (sulfide) groups is 1.